The number of hydrogen-bond acceptors (Lipinski definition) is 3. The number of aliphatic imine (C=N–C) groups is 1. The number of hydrogen-bond donors (Lipinski definition) is 2. The van der Waals surface area contributed by atoms with Gasteiger partial charge in [-0.2, -0.15) is 0 Å². The van der Waals surface area contributed by atoms with E-state index in [1.807, 2.05) is 0 Å². The molecule has 2 N–H and O–H groups in total. The maximum Gasteiger partial charge on any atom is 0.217 e. The summed E-state index contributed by atoms with van der Waals surface area (Å²) in [5, 5.41) is 0. The first-order chi connectivity index (χ1) is 2.50. The Morgan fingerprint density at radius 2 is 2.80 bits per heavy atom. The Balaban J connectivity index is 2.32. The Kier molecular flexibility index (Phi) is 0.548. The van der Waals surface area contributed by atoms with Crippen molar-refractivity contribution in [1.29, 1.82) is 0 Å². The molecule has 0 saturated carbocycles. The molecular weight excluding hydrogens is 66.0 g/mol. The summed E-state index contributed by atoms with van der Waals surface area (Å²) in [4.78, 5) is 3.49. The summed E-state index contributed by atoms with van der Waals surface area (Å²) in [6.45, 7) is 2.43. The van der Waals surface area contributed by atoms with Crippen LogP contribution in [0.4, 0.5) is 0 Å². The minimum Gasteiger partial charge on any atom is -0.310 e. The van der Waals surface area contributed by atoms with Crippen LogP contribution in [-0.4, -0.2) is 6.34 Å². The molecule has 0 fully saturated rings. The molecule has 0 aromatic rings. The van der Waals surface area contributed by atoms with Crippen molar-refractivity contribution in [2.75, 3.05) is 0 Å². The Labute approximate surface area is 30.1 Å². The molecule has 0 aromatic carbocycles. The van der Waals surface area contributed by atoms with Crippen LogP contribution in [0.2, 0.25) is 0 Å². The summed E-state index contributed by atoms with van der Waals surface area (Å²) < 4.78 is 0. The molecule has 3 nitrogen and oxygen atoms in total. The van der Waals surface area contributed by atoms with E-state index in [2.05, 4.69) is 22.5 Å². The summed E-state index contributed by atoms with van der Waals surface area (Å²) >= 11 is 0. The van der Waals surface area contributed by atoms with Crippen LogP contribution in [0.5, 0.6) is 0 Å². The first-order valence-electron chi connectivity index (χ1n) is 1.27. The van der Waals surface area contributed by atoms with Gasteiger partial charge >= 0.3 is 0 Å². The van der Waals surface area contributed by atoms with E-state index in [1.54, 1.807) is 0 Å². The lowest BCUT2D eigenvalue weighted by Crippen LogP contribution is -2.19. The second-order valence-electron chi connectivity index (χ2n) is 0.639. The summed E-state index contributed by atoms with van der Waals surface area (Å²) in [5.74, 6) is 0. The van der Waals surface area contributed by atoms with Crippen molar-refractivity contribution >= 4 is 6.34 Å². The molecule has 5 heavy (non-hydrogen) atoms. The number of nitrogens with zero attached hydrogens (tertiary/aromatic N) is 1. The SMILES string of the molecule is [C]1N=CNN1. The molecule has 1 rings (SSSR count). The fraction of sp³-hybridized carbons (Fsp3) is 0. The van der Waals surface area contributed by atoms with Crippen molar-refractivity contribution in [3.8, 4) is 0 Å². The highest BCUT2D eigenvalue weighted by atomic mass is 15.4. The van der Waals surface area contributed by atoms with Crippen molar-refractivity contribution in [1.82, 2.24) is 10.9 Å². The second-order valence-corrected chi connectivity index (χ2v) is 0.639. The van der Waals surface area contributed by atoms with Crippen LogP contribution in [0.3, 0.4) is 0 Å². The second kappa shape index (κ2) is 1.03. The van der Waals surface area contributed by atoms with E-state index in [4.69, 9.17) is 0 Å². The van der Waals surface area contributed by atoms with Crippen molar-refractivity contribution in [2.45, 2.75) is 0 Å². The molecule has 1 heterocycles. The molecule has 1 aliphatic rings. The summed E-state index contributed by atoms with van der Waals surface area (Å²) in [7, 11) is 0. The highest BCUT2D eigenvalue weighted by molar-refractivity contribution is 5.55. The minimum atomic E-state index is 1.51. The molecule has 0 spiro atoms. The highest BCUT2D eigenvalue weighted by Crippen LogP contribution is 1.68. The van der Waals surface area contributed by atoms with Gasteiger partial charge in [-0.1, -0.05) is 0 Å². The maximum atomic E-state index is 3.49. The van der Waals surface area contributed by atoms with Crippen LogP contribution in [0.15, 0.2) is 4.99 Å². The zero-order chi connectivity index (χ0) is 3.54. The van der Waals surface area contributed by atoms with Gasteiger partial charge in [0.05, 0.1) is 6.34 Å². The largest absolute Gasteiger partial charge is 0.310 e. The van der Waals surface area contributed by atoms with Gasteiger partial charge in [0.1, 0.15) is 0 Å². The molecule has 26 valence electrons. The average Bonchev–Trinajstić information content (AvgIpc) is 1.76. The predicted octanol–water partition coefficient (Wildman–Crippen LogP) is -0.881. The third-order valence-electron chi connectivity index (χ3n) is 0.322. The molecule has 0 aliphatic carbocycles. The van der Waals surface area contributed by atoms with E-state index in [-0.39, 0.29) is 0 Å². The zero-order valence-electron chi connectivity index (χ0n) is 2.52. The molecule has 3 heteroatoms. The lowest BCUT2D eigenvalue weighted by Gasteiger charge is -1.78. The number of nitrogens with one attached hydrogen (secondary N) is 2. The molecule has 0 aromatic heterocycles. The molecular formula is C2H3N3. The van der Waals surface area contributed by atoms with Crippen LogP contribution >= 0.6 is 0 Å². The van der Waals surface area contributed by atoms with E-state index in [0.717, 1.165) is 0 Å². The van der Waals surface area contributed by atoms with Gasteiger partial charge in [-0.25, -0.2) is 10.4 Å². The smallest absolute Gasteiger partial charge is 0.217 e. The predicted molar refractivity (Wildman–Crippen MR) is 18.0 cm³/mol. The van der Waals surface area contributed by atoms with Gasteiger partial charge in [0.2, 0.25) is 6.67 Å². The fourth-order valence-electron chi connectivity index (χ4n) is 0.161. The minimum absolute atomic E-state index is 1.51. The van der Waals surface area contributed by atoms with Crippen LogP contribution < -0.4 is 10.9 Å². The topological polar surface area (TPSA) is 36.4 Å². The highest BCUT2D eigenvalue weighted by Gasteiger charge is 1.82. The summed E-state index contributed by atoms with van der Waals surface area (Å²) in [6, 6.07) is 0. The van der Waals surface area contributed by atoms with Gasteiger partial charge in [0, 0.05) is 0 Å². The summed E-state index contributed by atoms with van der Waals surface area (Å²) in [5.41, 5.74) is 5.07. The Bertz CT molecular complexity index is 42.9. The van der Waals surface area contributed by atoms with Crippen molar-refractivity contribution in [3.05, 3.63) is 6.67 Å². The van der Waals surface area contributed by atoms with E-state index in [0.29, 0.717) is 0 Å². The van der Waals surface area contributed by atoms with Crippen molar-refractivity contribution in [2.24, 2.45) is 4.99 Å². The van der Waals surface area contributed by atoms with Crippen LogP contribution in [0, 0.1) is 6.67 Å². The normalized spacial score (nSPS) is 19.2. The first-order valence-corrected chi connectivity index (χ1v) is 1.27. The Hall–Kier alpha value is -0.570. The lowest BCUT2D eigenvalue weighted by atomic mass is 11.2. The standard InChI is InChI=1S/C2H3N3/c1-3-2-5-4-1/h1,5H,(H,3,4). The van der Waals surface area contributed by atoms with Crippen LogP contribution in [0.1, 0.15) is 0 Å². The number of hydrazine groups is 1. The van der Waals surface area contributed by atoms with Crippen LogP contribution in [0.25, 0.3) is 0 Å². The van der Waals surface area contributed by atoms with E-state index >= 15 is 0 Å². The third kappa shape index (κ3) is 0.357. The molecule has 0 unspecified atom stereocenters. The lowest BCUT2D eigenvalue weighted by molar-refractivity contribution is 0.810. The average molecular weight is 69.1 g/mol. The van der Waals surface area contributed by atoms with Crippen molar-refractivity contribution < 1.29 is 0 Å². The van der Waals surface area contributed by atoms with Gasteiger partial charge < -0.3 is 5.43 Å². The molecule has 0 saturated heterocycles. The van der Waals surface area contributed by atoms with Gasteiger partial charge in [0.25, 0.3) is 0 Å². The molecule has 1 aliphatic heterocycles. The fourth-order valence-corrected chi connectivity index (χ4v) is 0.161. The van der Waals surface area contributed by atoms with E-state index < -0.39 is 0 Å². The van der Waals surface area contributed by atoms with E-state index in [1.165, 1.54) is 6.34 Å². The Morgan fingerprint density at radius 3 is 3.00 bits per heavy atom. The van der Waals surface area contributed by atoms with Gasteiger partial charge in [0.15, 0.2) is 0 Å². The zero-order valence-corrected chi connectivity index (χ0v) is 2.52. The molecule has 2 radical (unpaired) electrons. The van der Waals surface area contributed by atoms with Gasteiger partial charge in [-0.05, 0) is 0 Å². The van der Waals surface area contributed by atoms with Crippen LogP contribution in [-0.2, 0) is 0 Å². The monoisotopic (exact) mass is 69.0 g/mol. The molecule has 0 bridgehead atoms. The maximum absolute atomic E-state index is 3.49. The molecule has 0 amide bonds. The third-order valence-corrected chi connectivity index (χ3v) is 0.322. The van der Waals surface area contributed by atoms with Crippen molar-refractivity contribution in [3.63, 3.8) is 0 Å². The quantitative estimate of drug-likeness (QED) is 0.387. The number of rotatable bonds is 0. The molecule has 0 atom stereocenters. The van der Waals surface area contributed by atoms with E-state index in [9.17, 15) is 0 Å². The summed E-state index contributed by atoms with van der Waals surface area (Å²) in [6.07, 6.45) is 1.51. The first kappa shape index (κ1) is 2.66. The van der Waals surface area contributed by atoms with Gasteiger partial charge in [-0.3, -0.25) is 0 Å². The Morgan fingerprint density at radius 1 is 1.80 bits per heavy atom. The van der Waals surface area contributed by atoms with Gasteiger partial charge in [-0.15, -0.1) is 0 Å².